The van der Waals surface area contributed by atoms with Gasteiger partial charge in [-0.1, -0.05) is 18.2 Å². The van der Waals surface area contributed by atoms with E-state index in [9.17, 15) is 4.39 Å². The van der Waals surface area contributed by atoms with Gasteiger partial charge in [0.15, 0.2) is 0 Å². The Kier molecular flexibility index (Phi) is 3.69. The predicted molar refractivity (Wildman–Crippen MR) is 71.6 cm³/mol. The number of halogens is 1. The van der Waals surface area contributed by atoms with Crippen molar-refractivity contribution in [3.05, 3.63) is 59.4 Å². The van der Waals surface area contributed by atoms with E-state index in [4.69, 9.17) is 5.73 Å². The van der Waals surface area contributed by atoms with E-state index in [-0.39, 0.29) is 5.82 Å². The second-order valence-corrected chi connectivity index (χ2v) is 4.97. The van der Waals surface area contributed by atoms with Crippen molar-refractivity contribution in [1.82, 2.24) is 0 Å². The molecule has 0 unspecified atom stereocenters. The monoisotopic (exact) mass is 247 g/mol. The normalized spacial score (nSPS) is 10.5. The number of anilines is 1. The molecular formula is C14H14FNS. The molecule has 0 aliphatic carbocycles. The zero-order chi connectivity index (χ0) is 12.3. The predicted octanol–water partition coefficient (Wildman–Crippen LogP) is 4.01. The molecule has 0 aliphatic rings. The molecule has 1 nitrogen and oxygen atoms in total. The molecule has 2 rings (SSSR count). The summed E-state index contributed by atoms with van der Waals surface area (Å²) in [6.45, 7) is 2.02. The second kappa shape index (κ2) is 5.23. The molecule has 2 aromatic rings. The maximum absolute atomic E-state index is 12.7. The number of rotatable bonds is 3. The molecule has 0 aromatic heterocycles. The highest BCUT2D eigenvalue weighted by molar-refractivity contribution is 7.98. The molecule has 0 atom stereocenters. The average molecular weight is 247 g/mol. The fourth-order valence-corrected chi connectivity index (χ4v) is 2.45. The Bertz CT molecular complexity index is 508. The summed E-state index contributed by atoms with van der Waals surface area (Å²) in [6, 6.07) is 12.6. The van der Waals surface area contributed by atoms with Crippen LogP contribution in [0.15, 0.2) is 47.4 Å². The van der Waals surface area contributed by atoms with E-state index in [2.05, 4.69) is 0 Å². The SMILES string of the molecule is Cc1ccc(SCc2ccc(F)cc2)c(N)c1. The Morgan fingerprint density at radius 2 is 1.82 bits per heavy atom. The van der Waals surface area contributed by atoms with Gasteiger partial charge in [0.25, 0.3) is 0 Å². The largest absolute Gasteiger partial charge is 0.398 e. The van der Waals surface area contributed by atoms with Crippen molar-refractivity contribution >= 4 is 17.4 Å². The molecule has 0 aliphatic heterocycles. The highest BCUT2D eigenvalue weighted by atomic mass is 32.2. The smallest absolute Gasteiger partial charge is 0.123 e. The number of thioether (sulfide) groups is 1. The Hall–Kier alpha value is -1.48. The minimum absolute atomic E-state index is 0.200. The van der Waals surface area contributed by atoms with Gasteiger partial charge in [0, 0.05) is 16.3 Å². The topological polar surface area (TPSA) is 26.0 Å². The van der Waals surface area contributed by atoms with Gasteiger partial charge in [0.05, 0.1) is 0 Å². The third kappa shape index (κ3) is 3.24. The third-order valence-electron chi connectivity index (χ3n) is 2.47. The maximum Gasteiger partial charge on any atom is 0.123 e. The van der Waals surface area contributed by atoms with Gasteiger partial charge in [0.2, 0.25) is 0 Å². The summed E-state index contributed by atoms with van der Waals surface area (Å²) in [5, 5.41) is 0. The molecule has 2 aromatic carbocycles. The van der Waals surface area contributed by atoms with Crippen LogP contribution in [-0.4, -0.2) is 0 Å². The molecule has 0 saturated heterocycles. The number of hydrogen-bond acceptors (Lipinski definition) is 2. The summed E-state index contributed by atoms with van der Waals surface area (Å²) in [5.74, 6) is 0.599. The van der Waals surface area contributed by atoms with Gasteiger partial charge >= 0.3 is 0 Å². The van der Waals surface area contributed by atoms with Crippen LogP contribution >= 0.6 is 11.8 Å². The van der Waals surface area contributed by atoms with E-state index >= 15 is 0 Å². The lowest BCUT2D eigenvalue weighted by Crippen LogP contribution is -1.90. The zero-order valence-electron chi connectivity index (χ0n) is 9.61. The number of nitrogens with two attached hydrogens (primary N) is 1. The second-order valence-electron chi connectivity index (χ2n) is 3.96. The Labute approximate surface area is 105 Å². The summed E-state index contributed by atoms with van der Waals surface area (Å²) in [6.07, 6.45) is 0. The van der Waals surface area contributed by atoms with E-state index in [1.807, 2.05) is 25.1 Å². The lowest BCUT2D eigenvalue weighted by molar-refractivity contribution is 0.627. The minimum Gasteiger partial charge on any atom is -0.398 e. The first-order chi connectivity index (χ1) is 8.15. The van der Waals surface area contributed by atoms with Crippen molar-refractivity contribution in [2.45, 2.75) is 17.6 Å². The maximum atomic E-state index is 12.7. The summed E-state index contributed by atoms with van der Waals surface area (Å²) in [5.41, 5.74) is 8.99. The standard InChI is InChI=1S/C14H14FNS/c1-10-2-7-14(13(16)8-10)17-9-11-3-5-12(15)6-4-11/h2-8H,9,16H2,1H3. The van der Waals surface area contributed by atoms with Crippen LogP contribution in [0, 0.1) is 12.7 Å². The molecule has 2 N–H and O–H groups in total. The quantitative estimate of drug-likeness (QED) is 0.655. The van der Waals surface area contributed by atoms with Gasteiger partial charge in [-0.2, -0.15) is 0 Å². The van der Waals surface area contributed by atoms with Crippen LogP contribution in [0.2, 0.25) is 0 Å². The van der Waals surface area contributed by atoms with Crippen molar-refractivity contribution in [3.8, 4) is 0 Å². The number of hydrogen-bond donors (Lipinski definition) is 1. The minimum atomic E-state index is -0.200. The van der Waals surface area contributed by atoms with E-state index < -0.39 is 0 Å². The molecule has 17 heavy (non-hydrogen) atoms. The number of nitrogen functional groups attached to an aromatic ring is 1. The summed E-state index contributed by atoms with van der Waals surface area (Å²) in [4.78, 5) is 1.07. The lowest BCUT2D eigenvalue weighted by atomic mass is 10.2. The van der Waals surface area contributed by atoms with Crippen LogP contribution in [0.25, 0.3) is 0 Å². The molecule has 0 radical (unpaired) electrons. The van der Waals surface area contributed by atoms with Crippen LogP contribution in [0.5, 0.6) is 0 Å². The fraction of sp³-hybridized carbons (Fsp3) is 0.143. The Morgan fingerprint density at radius 3 is 2.47 bits per heavy atom. The molecular weight excluding hydrogens is 233 g/mol. The lowest BCUT2D eigenvalue weighted by Gasteiger charge is -2.06. The summed E-state index contributed by atoms with van der Waals surface area (Å²) >= 11 is 1.67. The van der Waals surface area contributed by atoms with Gasteiger partial charge in [0.1, 0.15) is 5.82 Å². The number of aryl methyl sites for hydroxylation is 1. The van der Waals surface area contributed by atoms with E-state index in [0.29, 0.717) is 0 Å². The molecule has 3 heteroatoms. The van der Waals surface area contributed by atoms with E-state index in [1.54, 1.807) is 23.9 Å². The highest BCUT2D eigenvalue weighted by Crippen LogP contribution is 2.28. The van der Waals surface area contributed by atoms with Crippen LogP contribution in [0.4, 0.5) is 10.1 Å². The van der Waals surface area contributed by atoms with Crippen molar-refractivity contribution in [2.24, 2.45) is 0 Å². The van der Waals surface area contributed by atoms with Crippen molar-refractivity contribution in [2.75, 3.05) is 5.73 Å². The molecule has 88 valence electrons. The average Bonchev–Trinajstić information content (AvgIpc) is 2.30. The van der Waals surface area contributed by atoms with Gasteiger partial charge < -0.3 is 5.73 Å². The first kappa shape index (κ1) is 12.0. The van der Waals surface area contributed by atoms with Gasteiger partial charge in [-0.05, 0) is 42.3 Å². The molecule has 0 amide bonds. The molecule has 0 heterocycles. The van der Waals surface area contributed by atoms with Crippen molar-refractivity contribution in [3.63, 3.8) is 0 Å². The summed E-state index contributed by atoms with van der Waals surface area (Å²) in [7, 11) is 0. The molecule has 0 saturated carbocycles. The Morgan fingerprint density at radius 1 is 1.12 bits per heavy atom. The van der Waals surface area contributed by atoms with Gasteiger partial charge in [-0.15, -0.1) is 11.8 Å². The van der Waals surface area contributed by atoms with Crippen molar-refractivity contribution < 1.29 is 4.39 Å². The first-order valence-electron chi connectivity index (χ1n) is 5.38. The molecule has 0 spiro atoms. The fourth-order valence-electron chi connectivity index (χ4n) is 1.54. The Balaban J connectivity index is 2.04. The van der Waals surface area contributed by atoms with E-state index in [0.717, 1.165) is 27.5 Å². The first-order valence-corrected chi connectivity index (χ1v) is 6.37. The number of benzene rings is 2. The molecule has 0 fully saturated rings. The van der Waals surface area contributed by atoms with Crippen molar-refractivity contribution in [1.29, 1.82) is 0 Å². The summed E-state index contributed by atoms with van der Waals surface area (Å²) < 4.78 is 12.7. The zero-order valence-corrected chi connectivity index (χ0v) is 10.4. The molecule has 0 bridgehead atoms. The highest BCUT2D eigenvalue weighted by Gasteiger charge is 2.01. The van der Waals surface area contributed by atoms with Crippen LogP contribution < -0.4 is 5.73 Å². The van der Waals surface area contributed by atoms with Gasteiger partial charge in [-0.25, -0.2) is 4.39 Å². The van der Waals surface area contributed by atoms with Gasteiger partial charge in [-0.3, -0.25) is 0 Å². The van der Waals surface area contributed by atoms with Crippen LogP contribution in [0.1, 0.15) is 11.1 Å². The van der Waals surface area contributed by atoms with Crippen LogP contribution in [-0.2, 0) is 5.75 Å². The van der Waals surface area contributed by atoms with E-state index in [1.165, 1.54) is 12.1 Å². The third-order valence-corrected chi connectivity index (χ3v) is 3.63. The van der Waals surface area contributed by atoms with Crippen LogP contribution in [0.3, 0.4) is 0 Å².